The molecule has 2 aromatic rings. The third-order valence-electron chi connectivity index (χ3n) is 5.56. The standard InChI is InChI=1S/C21H21Cl2FN2O/c1-21(7-8-21)11-18(27)25-20-17(22)10-13-6-9-26(12-16(13)19(20)23)15-4-2-14(24)3-5-15/h2-5,10H,6-9,11-12H2,1H3,(H,25,27). The van der Waals surface area contributed by atoms with Gasteiger partial charge in [-0.2, -0.15) is 0 Å². The van der Waals surface area contributed by atoms with E-state index in [9.17, 15) is 9.18 Å². The van der Waals surface area contributed by atoms with E-state index < -0.39 is 0 Å². The zero-order chi connectivity index (χ0) is 19.2. The predicted molar refractivity (Wildman–Crippen MR) is 108 cm³/mol. The minimum absolute atomic E-state index is 0.0510. The lowest BCUT2D eigenvalue weighted by molar-refractivity contribution is -0.117. The second kappa shape index (κ2) is 6.99. The summed E-state index contributed by atoms with van der Waals surface area (Å²) >= 11 is 13.1. The van der Waals surface area contributed by atoms with Gasteiger partial charge in [0.2, 0.25) is 5.91 Å². The molecule has 4 rings (SSSR count). The first-order valence-electron chi connectivity index (χ1n) is 9.15. The quantitative estimate of drug-likeness (QED) is 0.692. The maximum absolute atomic E-state index is 13.2. The molecule has 2 aromatic carbocycles. The average Bonchev–Trinajstić information content (AvgIpc) is 3.36. The number of hydrogen-bond donors (Lipinski definition) is 1. The van der Waals surface area contributed by atoms with Crippen LogP contribution in [0.15, 0.2) is 30.3 Å². The van der Waals surface area contributed by atoms with Gasteiger partial charge in [0.1, 0.15) is 5.82 Å². The van der Waals surface area contributed by atoms with E-state index in [0.717, 1.165) is 42.6 Å². The van der Waals surface area contributed by atoms with Crippen molar-refractivity contribution in [3.63, 3.8) is 0 Å². The van der Waals surface area contributed by atoms with Gasteiger partial charge in [0.05, 0.1) is 15.7 Å². The van der Waals surface area contributed by atoms with Crippen molar-refractivity contribution in [1.29, 1.82) is 0 Å². The number of carbonyl (C=O) groups is 1. The molecule has 0 spiro atoms. The van der Waals surface area contributed by atoms with E-state index in [4.69, 9.17) is 23.2 Å². The zero-order valence-electron chi connectivity index (χ0n) is 15.1. The van der Waals surface area contributed by atoms with Gasteiger partial charge in [0.25, 0.3) is 0 Å². The molecular formula is C21H21Cl2FN2O. The van der Waals surface area contributed by atoms with E-state index in [1.165, 1.54) is 12.1 Å². The fourth-order valence-corrected chi connectivity index (χ4v) is 4.23. The van der Waals surface area contributed by atoms with E-state index >= 15 is 0 Å². The van der Waals surface area contributed by atoms with E-state index in [1.807, 2.05) is 6.07 Å². The largest absolute Gasteiger partial charge is 0.367 e. The highest BCUT2D eigenvalue weighted by Gasteiger charge is 2.39. The lowest BCUT2D eigenvalue weighted by atomic mass is 9.98. The summed E-state index contributed by atoms with van der Waals surface area (Å²) in [6.45, 7) is 3.51. The molecule has 1 heterocycles. The van der Waals surface area contributed by atoms with Gasteiger partial charge in [0, 0.05) is 25.2 Å². The maximum atomic E-state index is 13.2. The Kier molecular flexibility index (Phi) is 4.81. The van der Waals surface area contributed by atoms with Crippen LogP contribution in [0, 0.1) is 11.2 Å². The van der Waals surface area contributed by atoms with Crippen molar-refractivity contribution in [2.24, 2.45) is 5.41 Å². The zero-order valence-corrected chi connectivity index (χ0v) is 16.6. The van der Waals surface area contributed by atoms with E-state index in [1.54, 1.807) is 12.1 Å². The highest BCUT2D eigenvalue weighted by atomic mass is 35.5. The summed E-state index contributed by atoms with van der Waals surface area (Å²) in [5.41, 5.74) is 3.61. The number of nitrogens with zero attached hydrogens (tertiary/aromatic N) is 1. The smallest absolute Gasteiger partial charge is 0.224 e. The van der Waals surface area contributed by atoms with Gasteiger partial charge in [-0.1, -0.05) is 30.1 Å². The molecular weight excluding hydrogens is 386 g/mol. The molecule has 0 unspecified atom stereocenters. The van der Waals surface area contributed by atoms with Gasteiger partial charge < -0.3 is 10.2 Å². The molecule has 0 radical (unpaired) electrons. The van der Waals surface area contributed by atoms with Crippen molar-refractivity contribution in [2.75, 3.05) is 16.8 Å². The van der Waals surface area contributed by atoms with Gasteiger partial charge in [-0.3, -0.25) is 4.79 Å². The van der Waals surface area contributed by atoms with Gasteiger partial charge >= 0.3 is 0 Å². The summed E-state index contributed by atoms with van der Waals surface area (Å²) in [5.74, 6) is -0.305. The third-order valence-corrected chi connectivity index (χ3v) is 6.27. The Morgan fingerprint density at radius 1 is 1.26 bits per heavy atom. The van der Waals surface area contributed by atoms with Gasteiger partial charge in [-0.15, -0.1) is 0 Å². The predicted octanol–water partition coefficient (Wildman–Crippen LogP) is 5.82. The van der Waals surface area contributed by atoms with E-state index in [0.29, 0.717) is 28.7 Å². The fourth-order valence-electron chi connectivity index (χ4n) is 3.58. The number of anilines is 2. The average molecular weight is 407 g/mol. The summed E-state index contributed by atoms with van der Waals surface area (Å²) in [6.07, 6.45) is 3.44. The van der Waals surface area contributed by atoms with Crippen LogP contribution in [0.4, 0.5) is 15.8 Å². The van der Waals surface area contributed by atoms with E-state index in [-0.39, 0.29) is 17.1 Å². The van der Waals surface area contributed by atoms with Gasteiger partial charge in [-0.25, -0.2) is 4.39 Å². The number of halogens is 3. The Labute approximate surface area is 168 Å². The number of carbonyl (C=O) groups excluding carboxylic acids is 1. The normalized spacial score (nSPS) is 17.4. The van der Waals surface area contributed by atoms with Crippen LogP contribution >= 0.6 is 23.2 Å². The highest BCUT2D eigenvalue weighted by Crippen LogP contribution is 2.48. The minimum atomic E-state index is -0.254. The second-order valence-electron chi connectivity index (χ2n) is 7.87. The topological polar surface area (TPSA) is 32.3 Å². The number of rotatable bonds is 4. The molecule has 0 saturated heterocycles. The Morgan fingerprint density at radius 2 is 1.96 bits per heavy atom. The third kappa shape index (κ3) is 3.92. The van der Waals surface area contributed by atoms with Crippen molar-refractivity contribution in [1.82, 2.24) is 0 Å². The minimum Gasteiger partial charge on any atom is -0.367 e. The van der Waals surface area contributed by atoms with Crippen molar-refractivity contribution >= 4 is 40.5 Å². The SMILES string of the molecule is CC1(CC(=O)Nc2c(Cl)cc3c(c2Cl)CN(c2ccc(F)cc2)CC3)CC1. The lowest BCUT2D eigenvalue weighted by Gasteiger charge is -2.32. The summed E-state index contributed by atoms with van der Waals surface area (Å²) < 4.78 is 13.2. The molecule has 3 nitrogen and oxygen atoms in total. The highest BCUT2D eigenvalue weighted by molar-refractivity contribution is 6.40. The molecule has 6 heteroatoms. The molecule has 1 aliphatic heterocycles. The summed E-state index contributed by atoms with van der Waals surface area (Å²) in [7, 11) is 0. The van der Waals surface area contributed by atoms with Gasteiger partial charge in [0.15, 0.2) is 0 Å². The summed E-state index contributed by atoms with van der Waals surface area (Å²) in [4.78, 5) is 14.5. The Balaban J connectivity index is 1.58. The second-order valence-corrected chi connectivity index (χ2v) is 8.65. The number of amides is 1. The molecule has 1 N–H and O–H groups in total. The number of hydrogen-bond acceptors (Lipinski definition) is 2. The van der Waals surface area contributed by atoms with Crippen molar-refractivity contribution < 1.29 is 9.18 Å². The van der Waals surface area contributed by atoms with Crippen LogP contribution in [0.1, 0.15) is 37.3 Å². The number of fused-ring (bicyclic) bond motifs is 1. The first kappa shape index (κ1) is 18.6. The van der Waals surface area contributed by atoms with Crippen LogP contribution in [0.5, 0.6) is 0 Å². The molecule has 0 aromatic heterocycles. The molecule has 1 amide bonds. The van der Waals surface area contributed by atoms with Crippen LogP contribution in [-0.4, -0.2) is 12.5 Å². The Hall–Kier alpha value is -1.78. The Morgan fingerprint density at radius 3 is 2.63 bits per heavy atom. The molecule has 1 fully saturated rings. The van der Waals surface area contributed by atoms with Crippen molar-refractivity contribution in [2.45, 2.75) is 39.2 Å². The number of benzene rings is 2. The van der Waals surface area contributed by atoms with Gasteiger partial charge in [-0.05, 0) is 66.1 Å². The molecule has 1 aliphatic carbocycles. The van der Waals surface area contributed by atoms with Crippen LogP contribution in [0.25, 0.3) is 0 Å². The van der Waals surface area contributed by atoms with Crippen molar-refractivity contribution in [3.8, 4) is 0 Å². The van der Waals surface area contributed by atoms with E-state index in [2.05, 4.69) is 17.1 Å². The van der Waals surface area contributed by atoms with Crippen LogP contribution in [0.2, 0.25) is 10.0 Å². The first-order chi connectivity index (χ1) is 12.8. The molecule has 27 heavy (non-hydrogen) atoms. The van der Waals surface area contributed by atoms with Crippen molar-refractivity contribution in [3.05, 3.63) is 57.3 Å². The van der Waals surface area contributed by atoms with Crippen LogP contribution in [0.3, 0.4) is 0 Å². The molecule has 2 aliphatic rings. The first-order valence-corrected chi connectivity index (χ1v) is 9.90. The van der Waals surface area contributed by atoms with Crippen LogP contribution in [-0.2, 0) is 17.8 Å². The van der Waals surface area contributed by atoms with Crippen LogP contribution < -0.4 is 10.2 Å². The summed E-state index contributed by atoms with van der Waals surface area (Å²) in [6, 6.07) is 8.35. The fraction of sp³-hybridized carbons (Fsp3) is 0.381. The monoisotopic (exact) mass is 406 g/mol. The molecule has 0 bridgehead atoms. The Bertz CT molecular complexity index is 894. The molecule has 142 valence electrons. The molecule has 0 atom stereocenters. The lowest BCUT2D eigenvalue weighted by Crippen LogP contribution is -2.31. The summed E-state index contributed by atoms with van der Waals surface area (Å²) in [5, 5.41) is 3.89. The molecule has 1 saturated carbocycles. The maximum Gasteiger partial charge on any atom is 0.224 e. The number of nitrogens with one attached hydrogen (secondary N) is 1.